The Hall–Kier alpha value is -1.49. The summed E-state index contributed by atoms with van der Waals surface area (Å²) in [5.41, 5.74) is 1.13. The number of carbonyl (C=O) groups is 1. The fourth-order valence-electron chi connectivity index (χ4n) is 2.90. The molecule has 0 bridgehead atoms. The second-order valence-corrected chi connectivity index (χ2v) is 8.76. The summed E-state index contributed by atoms with van der Waals surface area (Å²) in [4.78, 5) is 12.7. The van der Waals surface area contributed by atoms with Crippen molar-refractivity contribution >= 4 is 24.9 Å². The number of hydrogen-bond donors (Lipinski definition) is 0. The lowest BCUT2D eigenvalue weighted by atomic mass is 9.98. The van der Waals surface area contributed by atoms with Crippen molar-refractivity contribution in [3.63, 3.8) is 0 Å². The van der Waals surface area contributed by atoms with Crippen molar-refractivity contribution < 1.29 is 28.1 Å². The predicted molar refractivity (Wildman–Crippen MR) is 111 cm³/mol. The Morgan fingerprint density at radius 1 is 1.11 bits per heavy atom. The topological polar surface area (TPSA) is 63.2 Å². The molecule has 0 saturated carbocycles. The predicted octanol–water partition coefficient (Wildman–Crippen LogP) is 4.06. The number of esters is 1. The zero-order chi connectivity index (χ0) is 20.6. The van der Waals surface area contributed by atoms with Crippen LogP contribution in [0.25, 0.3) is 0 Å². The van der Waals surface area contributed by atoms with E-state index < -0.39 is 13.3 Å². The molecule has 154 valence electrons. The van der Waals surface area contributed by atoms with Gasteiger partial charge in [-0.05, 0) is 45.0 Å². The van der Waals surface area contributed by atoms with Crippen LogP contribution < -0.4 is 14.8 Å². The third kappa shape index (κ3) is 5.50. The monoisotopic (exact) mass is 400 g/mol. The highest BCUT2D eigenvalue weighted by atomic mass is 31.2. The van der Waals surface area contributed by atoms with E-state index in [2.05, 4.69) is 20.1 Å². The summed E-state index contributed by atoms with van der Waals surface area (Å²) in [6.45, 7) is 8.82. The van der Waals surface area contributed by atoms with E-state index >= 15 is 0 Å². The van der Waals surface area contributed by atoms with Gasteiger partial charge in [-0.2, -0.15) is 0 Å². The fraction of sp³-hybridized carbons (Fsp3) is 0.600. The maximum atomic E-state index is 12.7. The van der Waals surface area contributed by atoms with E-state index in [4.69, 9.17) is 23.3 Å². The molecule has 0 fully saturated rings. The molecule has 0 aromatic heterocycles. The molecule has 27 heavy (non-hydrogen) atoms. The van der Waals surface area contributed by atoms with Crippen molar-refractivity contribution in [1.82, 2.24) is 0 Å². The summed E-state index contributed by atoms with van der Waals surface area (Å²) < 4.78 is 28.1. The van der Waals surface area contributed by atoms with Gasteiger partial charge >= 0.3 is 5.97 Å². The normalized spacial score (nSPS) is 11.6. The molecule has 0 atom stereocenters. The van der Waals surface area contributed by atoms with Crippen LogP contribution in [0.15, 0.2) is 6.07 Å². The van der Waals surface area contributed by atoms with Gasteiger partial charge in [0, 0.05) is 10.9 Å². The molecule has 0 radical (unpaired) electrons. The van der Waals surface area contributed by atoms with Crippen LogP contribution >= 0.6 is 7.34 Å². The average molecular weight is 400 g/mol. The van der Waals surface area contributed by atoms with Crippen LogP contribution in [0.2, 0.25) is 0 Å². The highest BCUT2D eigenvalue weighted by molar-refractivity contribution is 7.72. The molecule has 0 aliphatic heterocycles. The first-order valence-electron chi connectivity index (χ1n) is 9.18. The van der Waals surface area contributed by atoms with Gasteiger partial charge in [0.25, 0.3) is 0 Å². The number of carbonyl (C=O) groups excluding carboxylic acids is 1. The fourth-order valence-corrected chi connectivity index (χ4v) is 4.94. The lowest BCUT2D eigenvalue weighted by Crippen LogP contribution is -2.23. The van der Waals surface area contributed by atoms with Crippen molar-refractivity contribution in [2.75, 3.05) is 34.5 Å². The maximum absolute atomic E-state index is 12.7. The van der Waals surface area contributed by atoms with E-state index in [1.54, 1.807) is 13.2 Å². The average Bonchev–Trinajstić information content (AvgIpc) is 2.64. The third-order valence-corrected chi connectivity index (χ3v) is 6.59. The molecule has 7 heteroatoms. The molecule has 0 aliphatic rings. The maximum Gasteiger partial charge on any atom is 0.342 e. The lowest BCUT2D eigenvalue weighted by Gasteiger charge is -2.28. The van der Waals surface area contributed by atoms with Gasteiger partial charge in [0.15, 0.2) is 0 Å². The number of ether oxygens (including phenoxy) is 3. The summed E-state index contributed by atoms with van der Waals surface area (Å²) in [6, 6.07) is 1.79. The molecule has 1 aromatic rings. The quantitative estimate of drug-likeness (QED) is 0.412. The zero-order valence-electron chi connectivity index (χ0n) is 17.6. The van der Waals surface area contributed by atoms with E-state index in [0.717, 1.165) is 12.0 Å². The molecule has 0 amide bonds. The second-order valence-electron chi connectivity index (χ2n) is 6.42. The molecule has 1 aromatic carbocycles. The Kier molecular flexibility index (Phi) is 9.37. The van der Waals surface area contributed by atoms with Crippen LogP contribution in [-0.2, 0) is 20.2 Å². The van der Waals surface area contributed by atoms with E-state index in [0.29, 0.717) is 47.9 Å². The van der Waals surface area contributed by atoms with Gasteiger partial charge in [-0.15, -0.1) is 0 Å². The largest absolute Gasteiger partial charge is 0.496 e. The van der Waals surface area contributed by atoms with E-state index in [-0.39, 0.29) is 0 Å². The van der Waals surface area contributed by atoms with Crippen molar-refractivity contribution in [3.05, 3.63) is 17.2 Å². The van der Waals surface area contributed by atoms with Gasteiger partial charge in [-0.1, -0.05) is 13.8 Å². The van der Waals surface area contributed by atoms with E-state index in [1.807, 2.05) is 13.8 Å². The first-order valence-corrected chi connectivity index (χ1v) is 11.0. The van der Waals surface area contributed by atoms with Crippen LogP contribution in [0.3, 0.4) is 0 Å². The van der Waals surface area contributed by atoms with Crippen molar-refractivity contribution in [2.24, 2.45) is 5.92 Å². The molecule has 0 N–H and O–H groups in total. The van der Waals surface area contributed by atoms with Crippen LogP contribution in [0.1, 0.15) is 50.0 Å². The number of benzene rings is 1. The van der Waals surface area contributed by atoms with Gasteiger partial charge in [0.2, 0.25) is 0 Å². The Morgan fingerprint density at radius 3 is 2.11 bits per heavy atom. The molecular formula is C20H33O6P. The first kappa shape index (κ1) is 23.5. The van der Waals surface area contributed by atoms with Gasteiger partial charge in [-0.25, -0.2) is 4.79 Å². The number of methoxy groups -OCH3 is 3. The Balaban J connectivity index is 3.81. The van der Waals surface area contributed by atoms with Crippen LogP contribution in [0.5, 0.6) is 11.5 Å². The van der Waals surface area contributed by atoms with Crippen LogP contribution in [-0.4, -0.2) is 46.8 Å². The summed E-state index contributed by atoms with van der Waals surface area (Å²) >= 11 is 0. The zero-order valence-corrected chi connectivity index (χ0v) is 18.5. The molecule has 0 spiro atoms. The molecule has 0 heterocycles. The molecule has 6 nitrogen and oxygen atoms in total. The van der Waals surface area contributed by atoms with Gasteiger partial charge in [0.1, 0.15) is 24.4 Å². The summed E-state index contributed by atoms with van der Waals surface area (Å²) in [5, 5.41) is 0.528. The van der Waals surface area contributed by atoms with E-state index in [9.17, 15) is 4.79 Å². The summed E-state index contributed by atoms with van der Waals surface area (Å²) in [6.07, 6.45) is 5.83. The molecule has 0 unspecified atom stereocenters. The van der Waals surface area contributed by atoms with Crippen molar-refractivity contribution in [3.8, 4) is 11.5 Å². The highest BCUT2D eigenvalue weighted by Crippen LogP contribution is 2.50. The molecule has 0 saturated heterocycles. The second kappa shape index (κ2) is 10.7. The number of hydrogen-bond acceptors (Lipinski definition) is 6. The summed E-state index contributed by atoms with van der Waals surface area (Å²) in [5.74, 6) is 1.04. The number of rotatable bonds is 11. The molecule has 1 rings (SSSR count). The van der Waals surface area contributed by atoms with Crippen molar-refractivity contribution in [1.29, 1.82) is 0 Å². The Bertz CT molecular complexity index is 674. The minimum atomic E-state index is -2.78. The standard InChI is InChI=1S/C20H33O6P/c1-9-25-27(8,26-10-2)17-13-16(22-5)15(12-11-14(3)4)19(23-6)18(17)20(21)24-7/h13-14H,8-12H2,1-7H3. The van der Waals surface area contributed by atoms with Gasteiger partial charge < -0.3 is 23.3 Å². The minimum absolute atomic E-state index is 0.296. The lowest BCUT2D eigenvalue weighted by molar-refractivity contribution is 0.0598. The summed E-state index contributed by atoms with van der Waals surface area (Å²) in [7, 11) is 1.70. The van der Waals surface area contributed by atoms with Crippen molar-refractivity contribution in [2.45, 2.75) is 40.5 Å². The SMILES string of the molecule is C=P(OCC)(OCC)c1cc(OC)c(CCC(C)C)c(OC)c1C(=O)OC. The smallest absolute Gasteiger partial charge is 0.342 e. The Morgan fingerprint density at radius 2 is 1.70 bits per heavy atom. The van der Waals surface area contributed by atoms with Gasteiger partial charge in [-0.3, -0.25) is 0 Å². The molecule has 0 aliphatic carbocycles. The van der Waals surface area contributed by atoms with Gasteiger partial charge in [0.05, 0.1) is 34.5 Å². The third-order valence-electron chi connectivity index (χ3n) is 4.15. The van der Waals surface area contributed by atoms with Crippen LogP contribution in [0.4, 0.5) is 0 Å². The minimum Gasteiger partial charge on any atom is -0.496 e. The van der Waals surface area contributed by atoms with Crippen LogP contribution in [0, 0.1) is 5.92 Å². The first-order chi connectivity index (χ1) is 12.8. The van der Waals surface area contributed by atoms with E-state index in [1.165, 1.54) is 14.2 Å². The molecular weight excluding hydrogens is 367 g/mol. The Labute approximate surface area is 163 Å². The highest BCUT2D eigenvalue weighted by Gasteiger charge is 2.32.